The number of amides is 1. The Hall–Kier alpha value is -2.24. The molecule has 0 N–H and O–H groups in total. The number of sulfonamides is 1. The van der Waals surface area contributed by atoms with Crippen LogP contribution in [0.4, 0.5) is 0 Å². The predicted octanol–water partition coefficient (Wildman–Crippen LogP) is 4.16. The fourth-order valence-electron chi connectivity index (χ4n) is 3.97. The summed E-state index contributed by atoms with van der Waals surface area (Å²) in [5, 5.41) is 0.730. The van der Waals surface area contributed by atoms with Crippen molar-refractivity contribution in [2.45, 2.75) is 44.2 Å². The highest BCUT2D eigenvalue weighted by Crippen LogP contribution is 2.32. The van der Waals surface area contributed by atoms with E-state index in [4.69, 9.17) is 27.9 Å². The van der Waals surface area contributed by atoms with Gasteiger partial charge < -0.3 is 9.30 Å². The standard InChI is InChI=1S/C23H23Cl2N3O5S2/c1-3-33-19(29)13-27-20-16(24)10-11-17(25)21(20)34-23(27)26-22(30)18-5-4-12-28(18)35(31,32)15-8-6-14(2)7-9-15/h6-11,18H,3-5,12-13H2,1-2H3. The molecule has 12 heteroatoms. The molecular formula is C23H23Cl2N3O5S2. The lowest BCUT2D eigenvalue weighted by Gasteiger charge is -2.21. The number of benzene rings is 2. The summed E-state index contributed by atoms with van der Waals surface area (Å²) in [5.41, 5.74) is 1.39. The van der Waals surface area contributed by atoms with Crippen LogP contribution in [0.1, 0.15) is 25.3 Å². The number of aryl methyl sites for hydroxylation is 1. The largest absolute Gasteiger partial charge is 0.465 e. The number of carbonyl (C=O) groups is 2. The molecule has 1 atom stereocenters. The first-order chi connectivity index (χ1) is 16.6. The molecule has 186 valence electrons. The van der Waals surface area contributed by atoms with Crippen molar-refractivity contribution in [2.24, 2.45) is 4.99 Å². The summed E-state index contributed by atoms with van der Waals surface area (Å²) in [6.45, 7) is 3.74. The second-order valence-electron chi connectivity index (χ2n) is 8.02. The van der Waals surface area contributed by atoms with Crippen molar-refractivity contribution in [1.82, 2.24) is 8.87 Å². The molecule has 0 spiro atoms. The number of thiazole rings is 1. The molecule has 2 aromatic carbocycles. The number of hydrogen-bond acceptors (Lipinski definition) is 6. The molecule has 1 aliphatic heterocycles. The topological polar surface area (TPSA) is 98.0 Å². The Morgan fingerprint density at radius 3 is 2.51 bits per heavy atom. The van der Waals surface area contributed by atoms with Crippen LogP contribution in [0.25, 0.3) is 10.2 Å². The molecule has 2 heterocycles. The molecule has 0 bridgehead atoms. The van der Waals surface area contributed by atoms with Gasteiger partial charge >= 0.3 is 5.97 Å². The van der Waals surface area contributed by atoms with Gasteiger partial charge in [0.1, 0.15) is 12.6 Å². The molecule has 0 radical (unpaired) electrons. The highest BCUT2D eigenvalue weighted by Gasteiger charge is 2.39. The van der Waals surface area contributed by atoms with Gasteiger partial charge in [-0.1, -0.05) is 52.2 Å². The van der Waals surface area contributed by atoms with Crippen LogP contribution in [0.15, 0.2) is 46.3 Å². The van der Waals surface area contributed by atoms with E-state index in [-0.39, 0.29) is 29.4 Å². The average Bonchev–Trinajstić information content (AvgIpc) is 3.44. The molecular weight excluding hydrogens is 533 g/mol. The van der Waals surface area contributed by atoms with Gasteiger partial charge in [0, 0.05) is 6.54 Å². The molecule has 1 aromatic heterocycles. The van der Waals surface area contributed by atoms with Crippen LogP contribution in [-0.4, -0.2) is 48.4 Å². The van der Waals surface area contributed by atoms with Gasteiger partial charge in [-0.15, -0.1) is 0 Å². The van der Waals surface area contributed by atoms with Crippen LogP contribution in [0.3, 0.4) is 0 Å². The SMILES string of the molecule is CCOC(=O)Cn1c(=NC(=O)C2CCCN2S(=O)(=O)c2ccc(C)cc2)sc2c(Cl)ccc(Cl)c21. The predicted molar refractivity (Wildman–Crippen MR) is 135 cm³/mol. The second kappa shape index (κ2) is 10.4. The summed E-state index contributed by atoms with van der Waals surface area (Å²) in [6, 6.07) is 8.76. The molecule has 3 aromatic rings. The molecule has 1 aliphatic rings. The normalized spacial score (nSPS) is 17.3. The lowest BCUT2D eigenvalue weighted by atomic mass is 10.2. The van der Waals surface area contributed by atoms with Gasteiger partial charge in [-0.3, -0.25) is 9.59 Å². The fraction of sp³-hybridized carbons (Fsp3) is 0.348. The zero-order valence-corrected chi connectivity index (χ0v) is 22.2. The molecule has 8 nitrogen and oxygen atoms in total. The van der Waals surface area contributed by atoms with Crippen LogP contribution in [0, 0.1) is 6.92 Å². The van der Waals surface area contributed by atoms with E-state index in [0.717, 1.165) is 16.9 Å². The Kier molecular flexibility index (Phi) is 7.68. The minimum Gasteiger partial charge on any atom is -0.465 e. The van der Waals surface area contributed by atoms with Crippen molar-refractivity contribution in [3.8, 4) is 0 Å². The van der Waals surface area contributed by atoms with Gasteiger partial charge in [0.15, 0.2) is 4.80 Å². The van der Waals surface area contributed by atoms with E-state index < -0.39 is 27.9 Å². The van der Waals surface area contributed by atoms with Gasteiger partial charge in [-0.2, -0.15) is 9.30 Å². The number of esters is 1. The van der Waals surface area contributed by atoms with Crippen LogP contribution >= 0.6 is 34.5 Å². The first-order valence-corrected chi connectivity index (χ1v) is 13.9. The highest BCUT2D eigenvalue weighted by atomic mass is 35.5. The molecule has 1 saturated heterocycles. The summed E-state index contributed by atoms with van der Waals surface area (Å²) >= 11 is 13.8. The van der Waals surface area contributed by atoms with Crippen molar-refractivity contribution < 1.29 is 22.7 Å². The van der Waals surface area contributed by atoms with Gasteiger partial charge in [0.05, 0.1) is 31.8 Å². The molecule has 0 aliphatic carbocycles. The van der Waals surface area contributed by atoms with E-state index in [1.54, 1.807) is 31.2 Å². The summed E-state index contributed by atoms with van der Waals surface area (Å²) in [7, 11) is -3.88. The van der Waals surface area contributed by atoms with E-state index in [2.05, 4.69) is 4.99 Å². The summed E-state index contributed by atoms with van der Waals surface area (Å²) in [5.74, 6) is -1.14. The summed E-state index contributed by atoms with van der Waals surface area (Å²) < 4.78 is 34.8. The van der Waals surface area contributed by atoms with Gasteiger partial charge in [-0.25, -0.2) is 8.42 Å². The van der Waals surface area contributed by atoms with Gasteiger partial charge in [-0.05, 0) is 51.0 Å². The van der Waals surface area contributed by atoms with Crippen LogP contribution < -0.4 is 4.80 Å². The number of hydrogen-bond donors (Lipinski definition) is 0. The van der Waals surface area contributed by atoms with Crippen molar-refractivity contribution >= 4 is 66.7 Å². The Labute approximate surface area is 216 Å². The number of nitrogens with zero attached hydrogens (tertiary/aromatic N) is 3. The van der Waals surface area contributed by atoms with Crippen LogP contribution in [-0.2, 0) is 30.9 Å². The first-order valence-electron chi connectivity index (χ1n) is 10.9. The van der Waals surface area contributed by atoms with E-state index in [1.807, 2.05) is 6.92 Å². The first kappa shape index (κ1) is 25.8. The highest BCUT2D eigenvalue weighted by molar-refractivity contribution is 7.89. The Morgan fingerprint density at radius 2 is 1.83 bits per heavy atom. The van der Waals surface area contributed by atoms with Crippen molar-refractivity contribution in [2.75, 3.05) is 13.2 Å². The number of fused-ring (bicyclic) bond motifs is 1. The maximum absolute atomic E-state index is 13.3. The van der Waals surface area contributed by atoms with E-state index in [9.17, 15) is 18.0 Å². The zero-order chi connectivity index (χ0) is 25.3. The number of rotatable bonds is 6. The molecule has 1 amide bonds. The maximum atomic E-state index is 13.3. The van der Waals surface area contributed by atoms with Crippen molar-refractivity contribution in [3.05, 3.63) is 56.8 Å². The maximum Gasteiger partial charge on any atom is 0.326 e. The average molecular weight is 556 g/mol. The number of aromatic nitrogens is 1. The van der Waals surface area contributed by atoms with Crippen molar-refractivity contribution in [3.63, 3.8) is 0 Å². The lowest BCUT2D eigenvalue weighted by Crippen LogP contribution is -2.40. The Bertz CT molecular complexity index is 1460. The van der Waals surface area contributed by atoms with Crippen LogP contribution in [0.5, 0.6) is 0 Å². The molecule has 0 saturated carbocycles. The van der Waals surface area contributed by atoms with Gasteiger partial charge in [0.2, 0.25) is 10.0 Å². The van der Waals surface area contributed by atoms with E-state index in [1.165, 1.54) is 21.0 Å². The minimum atomic E-state index is -3.88. The van der Waals surface area contributed by atoms with Crippen LogP contribution in [0.2, 0.25) is 10.0 Å². The second-order valence-corrected chi connectivity index (χ2v) is 11.7. The summed E-state index contributed by atoms with van der Waals surface area (Å²) in [4.78, 5) is 30.2. The fourth-order valence-corrected chi connectivity index (χ4v) is 7.27. The monoisotopic (exact) mass is 555 g/mol. The van der Waals surface area contributed by atoms with E-state index >= 15 is 0 Å². The third-order valence-electron chi connectivity index (χ3n) is 5.64. The molecule has 35 heavy (non-hydrogen) atoms. The Morgan fingerprint density at radius 1 is 1.14 bits per heavy atom. The molecule has 1 unspecified atom stereocenters. The van der Waals surface area contributed by atoms with E-state index in [0.29, 0.717) is 33.1 Å². The number of ether oxygens (including phenoxy) is 1. The van der Waals surface area contributed by atoms with Gasteiger partial charge in [0.25, 0.3) is 5.91 Å². The minimum absolute atomic E-state index is 0.126. The third kappa shape index (κ3) is 5.17. The molecule has 4 rings (SSSR count). The molecule has 1 fully saturated rings. The van der Waals surface area contributed by atoms with Crippen molar-refractivity contribution in [1.29, 1.82) is 0 Å². The Balaban J connectivity index is 1.76. The number of halogens is 2. The third-order valence-corrected chi connectivity index (χ3v) is 9.41. The summed E-state index contributed by atoms with van der Waals surface area (Å²) in [6.07, 6.45) is 0.877. The number of carbonyl (C=O) groups excluding carboxylic acids is 2. The smallest absolute Gasteiger partial charge is 0.326 e. The zero-order valence-electron chi connectivity index (χ0n) is 19.0. The lowest BCUT2D eigenvalue weighted by molar-refractivity contribution is -0.143. The quantitative estimate of drug-likeness (QED) is 0.425.